The smallest absolute Gasteiger partial charge is 0.225 e. The molecule has 1 amide bonds. The molecule has 3 nitrogen and oxygen atoms in total. The SMILES string of the molecule is CN(Cc1cc(C#CCO)cs1)C(=O)C1CCCCC1. The minimum absolute atomic E-state index is 0.120. The molecule has 0 aromatic carbocycles. The van der Waals surface area contributed by atoms with E-state index in [2.05, 4.69) is 11.8 Å². The van der Waals surface area contributed by atoms with Gasteiger partial charge in [-0.15, -0.1) is 11.3 Å². The minimum Gasteiger partial charge on any atom is -0.384 e. The zero-order valence-corrected chi connectivity index (χ0v) is 12.7. The van der Waals surface area contributed by atoms with Crippen LogP contribution in [0.5, 0.6) is 0 Å². The second kappa shape index (κ2) is 7.47. The molecule has 1 aromatic heterocycles. The fraction of sp³-hybridized carbons (Fsp3) is 0.562. The van der Waals surface area contributed by atoms with Crippen LogP contribution in [0, 0.1) is 17.8 Å². The number of aliphatic hydroxyl groups excluding tert-OH is 1. The van der Waals surface area contributed by atoms with Gasteiger partial charge in [0, 0.05) is 28.8 Å². The van der Waals surface area contributed by atoms with Crippen molar-refractivity contribution in [3.63, 3.8) is 0 Å². The van der Waals surface area contributed by atoms with E-state index >= 15 is 0 Å². The van der Waals surface area contributed by atoms with Gasteiger partial charge >= 0.3 is 0 Å². The van der Waals surface area contributed by atoms with Crippen LogP contribution in [0.3, 0.4) is 0 Å². The maximum atomic E-state index is 12.4. The highest BCUT2D eigenvalue weighted by atomic mass is 32.1. The first-order chi connectivity index (χ1) is 9.70. The quantitative estimate of drug-likeness (QED) is 0.870. The van der Waals surface area contributed by atoms with Gasteiger partial charge in [0.2, 0.25) is 5.91 Å². The lowest BCUT2D eigenvalue weighted by atomic mass is 9.88. The van der Waals surface area contributed by atoms with E-state index in [1.807, 2.05) is 23.4 Å². The Morgan fingerprint density at radius 1 is 1.45 bits per heavy atom. The molecule has 2 rings (SSSR count). The Labute approximate surface area is 124 Å². The highest BCUT2D eigenvalue weighted by Crippen LogP contribution is 2.26. The number of carbonyl (C=O) groups excluding carboxylic acids is 1. The van der Waals surface area contributed by atoms with Gasteiger partial charge in [0.15, 0.2) is 0 Å². The average molecular weight is 291 g/mol. The van der Waals surface area contributed by atoms with Crippen LogP contribution in [0.1, 0.15) is 42.5 Å². The van der Waals surface area contributed by atoms with Gasteiger partial charge in [0.05, 0.1) is 6.54 Å². The molecule has 0 unspecified atom stereocenters. The second-order valence-corrected chi connectivity index (χ2v) is 6.29. The predicted molar refractivity (Wildman–Crippen MR) is 81.3 cm³/mol. The summed E-state index contributed by atoms with van der Waals surface area (Å²) in [5.74, 6) is 6.03. The van der Waals surface area contributed by atoms with Crippen molar-refractivity contribution in [2.24, 2.45) is 5.92 Å². The van der Waals surface area contributed by atoms with Crippen LogP contribution in [0.2, 0.25) is 0 Å². The van der Waals surface area contributed by atoms with Gasteiger partial charge in [-0.25, -0.2) is 0 Å². The van der Waals surface area contributed by atoms with E-state index in [0.717, 1.165) is 23.3 Å². The number of amides is 1. The Hall–Kier alpha value is -1.31. The van der Waals surface area contributed by atoms with Gasteiger partial charge in [0.25, 0.3) is 0 Å². The predicted octanol–water partition coefficient (Wildman–Crippen LogP) is 2.63. The van der Waals surface area contributed by atoms with Crippen molar-refractivity contribution in [3.05, 3.63) is 21.9 Å². The van der Waals surface area contributed by atoms with E-state index in [1.165, 1.54) is 19.3 Å². The summed E-state index contributed by atoms with van der Waals surface area (Å²) >= 11 is 1.61. The standard InChI is InChI=1S/C16H21NO2S/c1-17(16(19)14-7-3-2-4-8-14)11-15-10-13(12-20-15)6-5-9-18/h10,12,14,18H,2-4,7-9,11H2,1H3. The van der Waals surface area contributed by atoms with Crippen molar-refractivity contribution >= 4 is 17.2 Å². The van der Waals surface area contributed by atoms with Crippen LogP contribution >= 0.6 is 11.3 Å². The monoisotopic (exact) mass is 291 g/mol. The Kier molecular flexibility index (Phi) is 5.63. The Morgan fingerprint density at radius 2 is 2.20 bits per heavy atom. The second-order valence-electron chi connectivity index (χ2n) is 5.29. The topological polar surface area (TPSA) is 40.5 Å². The van der Waals surface area contributed by atoms with Crippen molar-refractivity contribution in [1.29, 1.82) is 0 Å². The molecule has 1 aromatic rings. The van der Waals surface area contributed by atoms with Gasteiger partial charge in [-0.3, -0.25) is 4.79 Å². The molecule has 4 heteroatoms. The van der Waals surface area contributed by atoms with Crippen molar-refractivity contribution in [3.8, 4) is 11.8 Å². The molecule has 20 heavy (non-hydrogen) atoms. The number of aliphatic hydroxyl groups is 1. The summed E-state index contributed by atoms with van der Waals surface area (Å²) < 4.78 is 0. The summed E-state index contributed by atoms with van der Waals surface area (Å²) in [5.41, 5.74) is 0.914. The van der Waals surface area contributed by atoms with Gasteiger partial charge in [0.1, 0.15) is 6.61 Å². The van der Waals surface area contributed by atoms with Crippen LogP contribution in [-0.2, 0) is 11.3 Å². The number of hydrogen-bond acceptors (Lipinski definition) is 3. The molecule has 1 N–H and O–H groups in total. The Balaban J connectivity index is 1.91. The maximum absolute atomic E-state index is 12.4. The van der Waals surface area contributed by atoms with E-state index in [4.69, 9.17) is 5.11 Å². The molecular weight excluding hydrogens is 270 g/mol. The normalized spacial score (nSPS) is 15.5. The lowest BCUT2D eigenvalue weighted by molar-refractivity contribution is -0.135. The van der Waals surface area contributed by atoms with E-state index in [0.29, 0.717) is 6.54 Å². The van der Waals surface area contributed by atoms with Crippen molar-refractivity contribution in [2.45, 2.75) is 38.6 Å². The molecule has 1 aliphatic rings. The van der Waals surface area contributed by atoms with Crippen molar-refractivity contribution < 1.29 is 9.90 Å². The van der Waals surface area contributed by atoms with E-state index < -0.39 is 0 Å². The molecule has 1 heterocycles. The van der Waals surface area contributed by atoms with Crippen molar-refractivity contribution in [2.75, 3.05) is 13.7 Å². The number of rotatable bonds is 3. The van der Waals surface area contributed by atoms with E-state index in [-0.39, 0.29) is 18.4 Å². The summed E-state index contributed by atoms with van der Waals surface area (Å²) in [4.78, 5) is 15.3. The zero-order valence-electron chi connectivity index (χ0n) is 11.9. The molecule has 1 fully saturated rings. The number of thiophene rings is 1. The molecule has 1 saturated carbocycles. The average Bonchev–Trinajstić information content (AvgIpc) is 2.92. The zero-order chi connectivity index (χ0) is 14.4. The molecule has 0 bridgehead atoms. The van der Waals surface area contributed by atoms with Crippen LogP contribution < -0.4 is 0 Å². The van der Waals surface area contributed by atoms with E-state index in [9.17, 15) is 4.79 Å². The fourth-order valence-electron chi connectivity index (χ4n) is 2.64. The third kappa shape index (κ3) is 4.09. The van der Waals surface area contributed by atoms with Crippen LogP contribution in [0.15, 0.2) is 11.4 Å². The first kappa shape index (κ1) is 15.1. The number of carbonyl (C=O) groups is 1. The molecule has 0 radical (unpaired) electrons. The molecule has 108 valence electrons. The van der Waals surface area contributed by atoms with E-state index in [1.54, 1.807) is 11.3 Å². The third-order valence-corrected chi connectivity index (χ3v) is 4.61. The van der Waals surface area contributed by atoms with Crippen molar-refractivity contribution in [1.82, 2.24) is 4.90 Å². The molecule has 0 saturated heterocycles. The van der Waals surface area contributed by atoms with Crippen LogP contribution in [-0.4, -0.2) is 29.6 Å². The minimum atomic E-state index is -0.120. The third-order valence-electron chi connectivity index (χ3n) is 3.69. The summed E-state index contributed by atoms with van der Waals surface area (Å²) in [6.45, 7) is 0.534. The maximum Gasteiger partial charge on any atom is 0.225 e. The number of nitrogens with zero attached hydrogens (tertiary/aromatic N) is 1. The summed E-state index contributed by atoms with van der Waals surface area (Å²) in [5, 5.41) is 10.6. The molecule has 0 aliphatic heterocycles. The lowest BCUT2D eigenvalue weighted by Gasteiger charge is -2.26. The molecule has 0 spiro atoms. The molecule has 1 aliphatic carbocycles. The van der Waals surface area contributed by atoms with Gasteiger partial charge in [-0.1, -0.05) is 31.1 Å². The van der Waals surface area contributed by atoms with Gasteiger partial charge in [-0.2, -0.15) is 0 Å². The first-order valence-corrected chi connectivity index (χ1v) is 8.01. The molecular formula is C16H21NO2S. The largest absolute Gasteiger partial charge is 0.384 e. The summed E-state index contributed by atoms with van der Waals surface area (Å²) in [6, 6.07) is 2.00. The van der Waals surface area contributed by atoms with Gasteiger partial charge < -0.3 is 10.0 Å². The first-order valence-electron chi connectivity index (χ1n) is 7.13. The molecule has 0 atom stereocenters. The van der Waals surface area contributed by atoms with Crippen LogP contribution in [0.25, 0.3) is 0 Å². The van der Waals surface area contributed by atoms with Gasteiger partial charge in [-0.05, 0) is 18.9 Å². The highest BCUT2D eigenvalue weighted by Gasteiger charge is 2.24. The Bertz CT molecular complexity index is 506. The Morgan fingerprint density at radius 3 is 2.90 bits per heavy atom. The van der Waals surface area contributed by atoms with Crippen LogP contribution in [0.4, 0.5) is 0 Å². The lowest BCUT2D eigenvalue weighted by Crippen LogP contribution is -2.33. The highest BCUT2D eigenvalue weighted by molar-refractivity contribution is 7.10. The summed E-state index contributed by atoms with van der Waals surface area (Å²) in [7, 11) is 1.88. The summed E-state index contributed by atoms with van der Waals surface area (Å²) in [6.07, 6.45) is 5.72. The fourth-order valence-corrected chi connectivity index (χ4v) is 3.51. The number of hydrogen-bond donors (Lipinski definition) is 1.